The van der Waals surface area contributed by atoms with Gasteiger partial charge in [0.05, 0.1) is 0 Å². The molecule has 2 aromatic rings. The molecule has 0 spiro atoms. The van der Waals surface area contributed by atoms with Crippen LogP contribution >= 0.6 is 23.2 Å². The highest BCUT2D eigenvalue weighted by molar-refractivity contribution is 6.33. The smallest absolute Gasteiger partial charge is 0.118 e. The lowest BCUT2D eigenvalue weighted by Crippen LogP contribution is -2.22. The average Bonchev–Trinajstić information content (AvgIpc) is 2.43. The SMILES string of the molecule is CN(C)C[C@H](Cc1ccccc1O)c1cc(Cl)ccc1Cl. The molecule has 21 heavy (non-hydrogen) atoms. The second-order valence-corrected chi connectivity index (χ2v) is 6.30. The van der Waals surface area contributed by atoms with Crippen molar-refractivity contribution in [1.29, 1.82) is 0 Å². The van der Waals surface area contributed by atoms with Gasteiger partial charge in [-0.25, -0.2) is 0 Å². The third kappa shape index (κ3) is 4.37. The van der Waals surface area contributed by atoms with E-state index in [4.69, 9.17) is 23.2 Å². The Bertz CT molecular complexity index is 613. The summed E-state index contributed by atoms with van der Waals surface area (Å²) in [6, 6.07) is 12.9. The zero-order valence-electron chi connectivity index (χ0n) is 12.2. The Morgan fingerprint density at radius 3 is 2.48 bits per heavy atom. The molecule has 0 saturated heterocycles. The highest BCUT2D eigenvalue weighted by atomic mass is 35.5. The van der Waals surface area contributed by atoms with Crippen LogP contribution in [0.25, 0.3) is 0 Å². The van der Waals surface area contributed by atoms with Crippen LogP contribution < -0.4 is 0 Å². The molecule has 0 unspecified atom stereocenters. The van der Waals surface area contributed by atoms with Crippen LogP contribution in [0.5, 0.6) is 5.75 Å². The van der Waals surface area contributed by atoms with Crippen molar-refractivity contribution in [1.82, 2.24) is 4.90 Å². The van der Waals surface area contributed by atoms with E-state index in [-0.39, 0.29) is 5.92 Å². The molecule has 0 heterocycles. The van der Waals surface area contributed by atoms with Gasteiger partial charge in [0.25, 0.3) is 0 Å². The quantitative estimate of drug-likeness (QED) is 0.870. The molecule has 4 heteroatoms. The molecule has 0 aliphatic carbocycles. The molecular formula is C17H19Cl2NO. The Morgan fingerprint density at radius 1 is 1.10 bits per heavy atom. The van der Waals surface area contributed by atoms with Gasteiger partial charge < -0.3 is 10.0 Å². The summed E-state index contributed by atoms with van der Waals surface area (Å²) in [6.07, 6.45) is 0.713. The average molecular weight is 324 g/mol. The second-order valence-electron chi connectivity index (χ2n) is 5.46. The molecule has 0 fully saturated rings. The minimum Gasteiger partial charge on any atom is -0.508 e. The molecule has 0 bridgehead atoms. The summed E-state index contributed by atoms with van der Waals surface area (Å²) >= 11 is 12.5. The Kier molecular flexibility index (Phi) is 5.51. The van der Waals surface area contributed by atoms with Crippen molar-refractivity contribution >= 4 is 23.2 Å². The van der Waals surface area contributed by atoms with E-state index in [1.807, 2.05) is 44.4 Å². The fourth-order valence-electron chi connectivity index (χ4n) is 2.49. The van der Waals surface area contributed by atoms with Gasteiger partial charge in [-0.15, -0.1) is 0 Å². The molecule has 0 aromatic heterocycles. The van der Waals surface area contributed by atoms with E-state index in [1.54, 1.807) is 12.1 Å². The van der Waals surface area contributed by atoms with Gasteiger partial charge >= 0.3 is 0 Å². The number of phenols is 1. The van der Waals surface area contributed by atoms with E-state index in [1.165, 1.54) is 0 Å². The van der Waals surface area contributed by atoms with Crippen LogP contribution in [0, 0.1) is 0 Å². The third-order valence-corrected chi connectivity index (χ3v) is 4.02. The predicted octanol–water partition coefficient (Wildman–Crippen LogP) is 4.59. The minimum absolute atomic E-state index is 0.166. The van der Waals surface area contributed by atoms with Crippen LogP contribution in [0.4, 0.5) is 0 Å². The second kappa shape index (κ2) is 7.17. The summed E-state index contributed by atoms with van der Waals surface area (Å²) in [7, 11) is 4.05. The molecule has 2 nitrogen and oxygen atoms in total. The van der Waals surface area contributed by atoms with Gasteiger partial charge in [-0.1, -0.05) is 41.4 Å². The minimum atomic E-state index is 0.166. The van der Waals surface area contributed by atoms with E-state index in [2.05, 4.69) is 4.90 Å². The Balaban J connectivity index is 2.34. The van der Waals surface area contributed by atoms with Crippen LogP contribution in [0.1, 0.15) is 17.0 Å². The van der Waals surface area contributed by atoms with Crippen molar-refractivity contribution < 1.29 is 5.11 Å². The predicted molar refractivity (Wildman–Crippen MR) is 89.6 cm³/mol. The van der Waals surface area contributed by atoms with Crippen LogP contribution in [-0.2, 0) is 6.42 Å². The zero-order valence-corrected chi connectivity index (χ0v) is 13.7. The van der Waals surface area contributed by atoms with Gasteiger partial charge in [-0.3, -0.25) is 0 Å². The molecule has 0 saturated carbocycles. The summed E-state index contributed by atoms with van der Waals surface area (Å²) < 4.78 is 0. The van der Waals surface area contributed by atoms with Crippen LogP contribution in [0.2, 0.25) is 10.0 Å². The van der Waals surface area contributed by atoms with Crippen molar-refractivity contribution in [2.45, 2.75) is 12.3 Å². The number of benzene rings is 2. The lowest BCUT2D eigenvalue weighted by atomic mass is 9.91. The molecular weight excluding hydrogens is 305 g/mol. The highest BCUT2D eigenvalue weighted by Gasteiger charge is 2.18. The molecule has 0 radical (unpaired) electrons. The number of likely N-dealkylation sites (N-methyl/N-ethyl adjacent to an activating group) is 1. The first-order valence-electron chi connectivity index (χ1n) is 6.84. The first kappa shape index (κ1) is 16.2. The molecule has 2 aromatic carbocycles. The third-order valence-electron chi connectivity index (χ3n) is 3.44. The van der Waals surface area contributed by atoms with Crippen molar-refractivity contribution in [2.75, 3.05) is 20.6 Å². The number of hydrogen-bond donors (Lipinski definition) is 1. The number of phenolic OH excluding ortho intramolecular Hbond substituents is 1. The topological polar surface area (TPSA) is 23.5 Å². The van der Waals surface area contributed by atoms with E-state index < -0.39 is 0 Å². The first-order chi connectivity index (χ1) is 9.97. The molecule has 112 valence electrons. The largest absolute Gasteiger partial charge is 0.508 e. The zero-order chi connectivity index (χ0) is 15.4. The summed E-state index contributed by atoms with van der Waals surface area (Å²) in [5, 5.41) is 11.4. The summed E-state index contributed by atoms with van der Waals surface area (Å²) in [6.45, 7) is 0.828. The van der Waals surface area contributed by atoms with Crippen molar-refractivity contribution in [2.24, 2.45) is 0 Å². The maximum atomic E-state index is 9.99. The monoisotopic (exact) mass is 323 g/mol. The Hall–Kier alpha value is -1.22. The van der Waals surface area contributed by atoms with Crippen LogP contribution in [0.3, 0.4) is 0 Å². The summed E-state index contributed by atoms with van der Waals surface area (Å²) in [4.78, 5) is 2.11. The van der Waals surface area contributed by atoms with Crippen molar-refractivity contribution in [3.63, 3.8) is 0 Å². The number of nitrogens with zero attached hydrogens (tertiary/aromatic N) is 1. The maximum Gasteiger partial charge on any atom is 0.118 e. The fourth-order valence-corrected chi connectivity index (χ4v) is 2.94. The molecule has 0 aliphatic rings. The normalized spacial score (nSPS) is 12.6. The van der Waals surface area contributed by atoms with Gasteiger partial charge in [0.2, 0.25) is 0 Å². The standard InChI is InChI=1S/C17H19Cl2NO/c1-20(2)11-13(9-12-5-3-4-6-17(12)21)15-10-14(18)7-8-16(15)19/h3-8,10,13,21H,9,11H2,1-2H3/t13-/m0/s1. The van der Waals surface area contributed by atoms with E-state index in [0.29, 0.717) is 22.2 Å². The van der Waals surface area contributed by atoms with Gasteiger partial charge in [0.1, 0.15) is 5.75 Å². The number of para-hydroxylation sites is 1. The van der Waals surface area contributed by atoms with Crippen molar-refractivity contribution in [3.05, 3.63) is 63.6 Å². The summed E-state index contributed by atoms with van der Waals surface area (Å²) in [5.74, 6) is 0.485. The molecule has 1 N–H and O–H groups in total. The Labute approximate surface area is 135 Å². The van der Waals surface area contributed by atoms with Crippen molar-refractivity contribution in [3.8, 4) is 5.75 Å². The van der Waals surface area contributed by atoms with Crippen LogP contribution in [0.15, 0.2) is 42.5 Å². The maximum absolute atomic E-state index is 9.99. The number of halogens is 2. The lowest BCUT2D eigenvalue weighted by Gasteiger charge is -2.23. The first-order valence-corrected chi connectivity index (χ1v) is 7.59. The van der Waals surface area contributed by atoms with Gasteiger partial charge in [-0.2, -0.15) is 0 Å². The van der Waals surface area contributed by atoms with Gasteiger partial charge in [0.15, 0.2) is 0 Å². The van der Waals surface area contributed by atoms with Crippen LogP contribution in [-0.4, -0.2) is 30.6 Å². The number of rotatable bonds is 5. The molecule has 2 rings (SSSR count). The van der Waals surface area contributed by atoms with Gasteiger partial charge in [-0.05, 0) is 55.9 Å². The lowest BCUT2D eigenvalue weighted by molar-refractivity contribution is 0.369. The summed E-state index contributed by atoms with van der Waals surface area (Å²) in [5.41, 5.74) is 1.93. The fraction of sp³-hybridized carbons (Fsp3) is 0.294. The number of hydrogen-bond acceptors (Lipinski definition) is 2. The molecule has 1 atom stereocenters. The van der Waals surface area contributed by atoms with Gasteiger partial charge in [0, 0.05) is 22.5 Å². The Morgan fingerprint density at radius 2 is 1.81 bits per heavy atom. The van der Waals surface area contributed by atoms with E-state index in [9.17, 15) is 5.11 Å². The number of aromatic hydroxyl groups is 1. The molecule has 0 aliphatic heterocycles. The highest BCUT2D eigenvalue weighted by Crippen LogP contribution is 2.32. The molecule has 0 amide bonds. The van der Waals surface area contributed by atoms with E-state index >= 15 is 0 Å². The van der Waals surface area contributed by atoms with E-state index in [0.717, 1.165) is 17.7 Å².